The predicted molar refractivity (Wildman–Crippen MR) is 204 cm³/mol. The summed E-state index contributed by atoms with van der Waals surface area (Å²) >= 11 is 0. The van der Waals surface area contributed by atoms with E-state index in [1.807, 2.05) is 18.4 Å². The molecule has 7 heterocycles. The number of ether oxygens (including phenoxy) is 1. The van der Waals surface area contributed by atoms with Gasteiger partial charge in [0, 0.05) is 61.2 Å². The Bertz CT molecular complexity index is 2230. The number of aliphatic hydroxyl groups is 5. The number of hydrogen-bond donors (Lipinski definition) is 8. The molecular formula is C41H49N5O11+2. The van der Waals surface area contributed by atoms with Gasteiger partial charge in [0.05, 0.1) is 12.0 Å². The highest BCUT2D eigenvalue weighted by Crippen LogP contribution is 2.50. The number of rotatable bonds is 12. The zero-order valence-electron chi connectivity index (χ0n) is 31.6. The molecule has 1 spiro atoms. The fourth-order valence-electron chi connectivity index (χ4n) is 9.91. The maximum Gasteiger partial charge on any atom is 0.222 e. The number of aliphatic hydroxyl groups excluding tert-OH is 4. The molecule has 1 amide bonds. The van der Waals surface area contributed by atoms with E-state index in [4.69, 9.17) is 18.9 Å². The first-order valence-corrected chi connectivity index (χ1v) is 19.8. The van der Waals surface area contributed by atoms with Crippen molar-refractivity contribution in [1.82, 2.24) is 5.32 Å². The van der Waals surface area contributed by atoms with Crippen molar-refractivity contribution in [3.8, 4) is 5.75 Å². The first-order valence-electron chi connectivity index (χ1n) is 19.8. The molecule has 6 aliphatic heterocycles. The van der Waals surface area contributed by atoms with Gasteiger partial charge in [0.1, 0.15) is 79.6 Å². The minimum absolute atomic E-state index is 0.0208. The molecule has 0 radical (unpaired) electrons. The van der Waals surface area contributed by atoms with Gasteiger partial charge in [-0.05, 0) is 56.6 Å². The van der Waals surface area contributed by atoms with E-state index in [-0.39, 0.29) is 36.1 Å². The Kier molecular flexibility index (Phi) is 9.90. The van der Waals surface area contributed by atoms with Gasteiger partial charge in [-0.3, -0.25) is 29.4 Å². The number of amides is 1. The van der Waals surface area contributed by atoms with E-state index in [9.17, 15) is 35.1 Å². The van der Waals surface area contributed by atoms with Crippen molar-refractivity contribution in [3.05, 3.63) is 80.8 Å². The number of fused-ring (bicyclic) bond motifs is 4. The van der Waals surface area contributed by atoms with Gasteiger partial charge >= 0.3 is 0 Å². The van der Waals surface area contributed by atoms with Crippen LogP contribution in [0.15, 0.2) is 78.4 Å². The standard InChI is InChI=1S/C41H47N5O11/c1-22-11-31(48)27-12-25-13-34(57-54-20-33(50)41(53,39(52)32(49)19-47)21-45-10-6-28-30(45)5-9-42-28)40(7-2-3-23(15-40)26-14-35(51)44-16-26)56-37(25)36(38(27)55-22)46-17-24-4-8-43-29(24)18-46/h4-6,8-9,11-12,18,23,26,32-34,39,47,49-50,52-53H,2-3,7,10,13-17,19-21H2,1H3,(H,44,51)/p+2. The minimum atomic E-state index is -2.34. The molecule has 2 fully saturated rings. The van der Waals surface area contributed by atoms with Crippen molar-refractivity contribution in [1.29, 1.82) is 0 Å². The number of aliphatic imine (C=N–C) groups is 2. The third-order valence-corrected chi connectivity index (χ3v) is 13.0. The molecule has 10 unspecified atom stereocenters. The molecular weight excluding hydrogens is 738 g/mol. The van der Waals surface area contributed by atoms with E-state index >= 15 is 0 Å². The van der Waals surface area contributed by atoms with E-state index in [0.717, 1.165) is 40.4 Å². The average molecular weight is 788 g/mol. The third kappa shape index (κ3) is 6.72. The lowest BCUT2D eigenvalue weighted by molar-refractivity contribution is -0.856. The van der Waals surface area contributed by atoms with Gasteiger partial charge in [-0.25, -0.2) is 9.78 Å². The van der Waals surface area contributed by atoms with Crippen molar-refractivity contribution >= 4 is 35.0 Å². The Morgan fingerprint density at radius 1 is 1.11 bits per heavy atom. The van der Waals surface area contributed by atoms with Gasteiger partial charge in [-0.1, -0.05) is 0 Å². The van der Waals surface area contributed by atoms with Gasteiger partial charge in [-0.15, -0.1) is 0 Å². The summed E-state index contributed by atoms with van der Waals surface area (Å²) < 4.78 is 13.6. The van der Waals surface area contributed by atoms with Crippen LogP contribution in [0.5, 0.6) is 5.75 Å². The van der Waals surface area contributed by atoms with Gasteiger partial charge < -0.3 is 40.0 Å². The number of carbonyl (C=O) groups is 1. The van der Waals surface area contributed by atoms with Gasteiger partial charge in [0.25, 0.3) is 0 Å². The first-order chi connectivity index (χ1) is 27.5. The van der Waals surface area contributed by atoms with Crippen molar-refractivity contribution in [2.75, 3.05) is 39.4 Å². The fourth-order valence-corrected chi connectivity index (χ4v) is 9.91. The molecule has 16 nitrogen and oxygen atoms in total. The summed E-state index contributed by atoms with van der Waals surface area (Å²) in [6, 6.07) is 3.25. The second-order valence-corrected chi connectivity index (χ2v) is 16.5. The minimum Gasteiger partial charge on any atom is -0.478 e. The topological polar surface area (TPSA) is 222 Å². The molecule has 10 atom stereocenters. The summed E-state index contributed by atoms with van der Waals surface area (Å²) in [5.74, 6) is 1.32. The SMILES string of the molecule is Cc1cc(=O)c2cc3c(c([NH+]4C=C5N=CC=C5C4)c2o1)OC1(CCCC(C2CNC(=O)C2)C1)C(OOCC(O)C(O)(C[NH+]1CC=C2N=CC=C21)C(O)C(O)CO)C3. The zero-order valence-corrected chi connectivity index (χ0v) is 31.6. The molecule has 9 rings (SSSR count). The van der Waals surface area contributed by atoms with Gasteiger partial charge in [-0.2, -0.15) is 0 Å². The van der Waals surface area contributed by atoms with Crippen LogP contribution < -0.4 is 25.3 Å². The van der Waals surface area contributed by atoms with E-state index in [0.29, 0.717) is 77.5 Å². The number of quaternary nitrogens is 2. The maximum atomic E-state index is 13.5. The fraction of sp³-hybridized carbons (Fsp3) is 0.512. The number of carbonyl (C=O) groups excluding carboxylic acids is 1. The molecule has 1 saturated heterocycles. The monoisotopic (exact) mass is 787 g/mol. The summed E-state index contributed by atoms with van der Waals surface area (Å²) in [5, 5.41) is 58.1. The molecule has 302 valence electrons. The second kappa shape index (κ2) is 14.8. The lowest BCUT2D eigenvalue weighted by Gasteiger charge is -2.49. The van der Waals surface area contributed by atoms with Gasteiger partial charge in [0.2, 0.25) is 17.2 Å². The van der Waals surface area contributed by atoms with Crippen molar-refractivity contribution < 1.29 is 59.1 Å². The summed E-state index contributed by atoms with van der Waals surface area (Å²) in [6.45, 7) is 1.63. The Balaban J connectivity index is 1.04. The van der Waals surface area contributed by atoms with Crippen molar-refractivity contribution in [2.24, 2.45) is 21.8 Å². The Morgan fingerprint density at radius 2 is 1.93 bits per heavy atom. The lowest BCUT2D eigenvalue weighted by Crippen LogP contribution is -3.11. The Hall–Kier alpha value is -4.36. The molecule has 8 N–H and O–H groups in total. The maximum absolute atomic E-state index is 13.5. The highest BCUT2D eigenvalue weighted by atomic mass is 17.2. The average Bonchev–Trinajstić information content (AvgIpc) is 4.04. The smallest absolute Gasteiger partial charge is 0.222 e. The number of nitrogens with one attached hydrogen (secondary N) is 3. The lowest BCUT2D eigenvalue weighted by atomic mass is 9.68. The molecule has 57 heavy (non-hydrogen) atoms. The quantitative estimate of drug-likeness (QED) is 0.0901. The van der Waals surface area contributed by atoms with Crippen molar-refractivity contribution in [2.45, 2.75) is 81.1 Å². The van der Waals surface area contributed by atoms with Crippen LogP contribution in [-0.4, -0.2) is 119 Å². The number of allylic oxidation sites excluding steroid dienone is 2. The largest absolute Gasteiger partial charge is 0.478 e. The van der Waals surface area contributed by atoms with Crippen LogP contribution in [0.1, 0.15) is 43.4 Å². The van der Waals surface area contributed by atoms with E-state index in [1.54, 1.807) is 31.5 Å². The molecule has 1 aromatic carbocycles. The number of nitrogens with zero attached hydrogens (tertiary/aromatic N) is 2. The van der Waals surface area contributed by atoms with Crippen LogP contribution in [0.3, 0.4) is 0 Å². The van der Waals surface area contributed by atoms with Crippen LogP contribution in [-0.2, 0) is 21.0 Å². The van der Waals surface area contributed by atoms with Crippen LogP contribution in [0.25, 0.3) is 11.0 Å². The molecule has 2 aromatic rings. The molecule has 16 heteroatoms. The van der Waals surface area contributed by atoms with Gasteiger partial charge in [0.15, 0.2) is 22.5 Å². The molecule has 0 bridgehead atoms. The normalized spacial score (nSPS) is 31.2. The predicted octanol–water partition coefficient (Wildman–Crippen LogP) is -1.64. The van der Waals surface area contributed by atoms with E-state index in [2.05, 4.69) is 15.3 Å². The number of aryl methyl sites for hydroxylation is 1. The van der Waals surface area contributed by atoms with Crippen LogP contribution in [0, 0.1) is 18.8 Å². The highest BCUT2D eigenvalue weighted by molar-refractivity contribution is 5.90. The second-order valence-electron chi connectivity index (χ2n) is 16.5. The first kappa shape index (κ1) is 38.2. The van der Waals surface area contributed by atoms with Crippen molar-refractivity contribution in [3.63, 3.8) is 0 Å². The number of benzene rings is 1. The Morgan fingerprint density at radius 3 is 2.72 bits per heavy atom. The van der Waals surface area contributed by atoms with Crippen LogP contribution in [0.2, 0.25) is 0 Å². The third-order valence-electron chi connectivity index (χ3n) is 13.0. The molecule has 1 aromatic heterocycles. The Labute approximate surface area is 327 Å². The summed E-state index contributed by atoms with van der Waals surface area (Å²) in [4.78, 5) is 48.4. The number of hydrogen-bond acceptors (Lipinski definition) is 13. The van der Waals surface area contributed by atoms with Crippen LogP contribution >= 0.6 is 0 Å². The zero-order chi connectivity index (χ0) is 39.6. The summed E-state index contributed by atoms with van der Waals surface area (Å²) in [6.07, 6.45) is 8.31. The highest BCUT2D eigenvalue weighted by Gasteiger charge is 2.54. The molecule has 1 aliphatic carbocycles. The van der Waals surface area contributed by atoms with Crippen LogP contribution in [0.4, 0.5) is 5.69 Å². The van der Waals surface area contributed by atoms with E-state index < -0.39 is 48.8 Å². The summed E-state index contributed by atoms with van der Waals surface area (Å²) in [5.41, 5.74) is 1.76. The summed E-state index contributed by atoms with van der Waals surface area (Å²) in [7, 11) is 0. The molecule has 1 saturated carbocycles. The van der Waals surface area contributed by atoms with E-state index in [1.165, 1.54) is 6.07 Å². The molecule has 7 aliphatic rings.